The van der Waals surface area contributed by atoms with E-state index < -0.39 is 16.1 Å². The lowest BCUT2D eigenvalue weighted by Crippen LogP contribution is -2.42. The van der Waals surface area contributed by atoms with Crippen molar-refractivity contribution in [3.8, 4) is 0 Å². The van der Waals surface area contributed by atoms with Crippen molar-refractivity contribution in [3.63, 3.8) is 0 Å². The van der Waals surface area contributed by atoms with E-state index in [-0.39, 0.29) is 4.91 Å². The third-order valence-corrected chi connectivity index (χ3v) is 6.28. The van der Waals surface area contributed by atoms with Crippen LogP contribution in [0.5, 0.6) is 0 Å². The molecule has 0 aromatic heterocycles. The third-order valence-electron chi connectivity index (χ3n) is 4.78. The number of carbonyl (C=O) groups is 1. The number of rotatable bonds is 5. The van der Waals surface area contributed by atoms with Gasteiger partial charge in [-0.05, 0) is 43.1 Å². The molecule has 3 rings (SSSR count). The van der Waals surface area contributed by atoms with Crippen molar-refractivity contribution in [2.75, 3.05) is 6.54 Å². The van der Waals surface area contributed by atoms with E-state index in [4.69, 9.17) is 0 Å². The lowest BCUT2D eigenvalue weighted by molar-refractivity contribution is 0.243. The maximum absolute atomic E-state index is 12.4. The first kappa shape index (κ1) is 16.8. The summed E-state index contributed by atoms with van der Waals surface area (Å²) in [7, 11) is -3.90. The lowest BCUT2D eigenvalue weighted by Gasteiger charge is -2.19. The number of sulfonamides is 1. The van der Waals surface area contributed by atoms with Crippen LogP contribution in [0.1, 0.15) is 25.3 Å². The second kappa shape index (κ2) is 6.81. The van der Waals surface area contributed by atoms with Gasteiger partial charge >= 0.3 is 6.03 Å². The summed E-state index contributed by atoms with van der Waals surface area (Å²) in [6, 6.07) is 8.07. The minimum Gasteiger partial charge on any atom is -0.337 e. The third kappa shape index (κ3) is 3.53. The van der Waals surface area contributed by atoms with Crippen molar-refractivity contribution in [1.82, 2.24) is 10.0 Å². The molecule has 0 aliphatic heterocycles. The molecule has 5 nitrogen and oxygen atoms in total. The Morgan fingerprint density at radius 2 is 1.96 bits per heavy atom. The van der Waals surface area contributed by atoms with Gasteiger partial charge in [0.25, 0.3) is 10.0 Å². The van der Waals surface area contributed by atoms with E-state index in [1.54, 1.807) is 31.2 Å². The molecule has 0 radical (unpaired) electrons. The second-order valence-corrected chi connectivity index (χ2v) is 8.03. The summed E-state index contributed by atoms with van der Waals surface area (Å²) in [5, 5.41) is 2.71. The monoisotopic (exact) mass is 346 g/mol. The van der Waals surface area contributed by atoms with Gasteiger partial charge in [-0.3, -0.25) is 0 Å². The molecule has 0 heterocycles. The number of nitrogens with one attached hydrogen (secondary N) is 2. The highest BCUT2D eigenvalue weighted by Gasteiger charge is 2.35. The quantitative estimate of drug-likeness (QED) is 0.805. The fraction of sp³-hybridized carbons (Fsp3) is 0.389. The zero-order chi connectivity index (χ0) is 17.2. The predicted octanol–water partition coefficient (Wildman–Crippen LogP) is 2.89. The molecule has 3 atom stereocenters. The van der Waals surface area contributed by atoms with Crippen molar-refractivity contribution in [2.45, 2.75) is 19.8 Å². The first-order valence-electron chi connectivity index (χ1n) is 8.20. The standard InChI is InChI=1S/C18H22N2O3S/c1-2-17(14-6-4-3-5-7-14)24(22,23)20-18(21)19-12-16-11-13-8-9-15(16)10-13/h2-9,13,15-16H,10-12H2,1H3,(H2,19,20,21). The highest BCUT2D eigenvalue weighted by molar-refractivity contribution is 7.99. The summed E-state index contributed by atoms with van der Waals surface area (Å²) < 4.78 is 27.0. The van der Waals surface area contributed by atoms with E-state index in [1.807, 2.05) is 6.07 Å². The maximum Gasteiger partial charge on any atom is 0.328 e. The van der Waals surface area contributed by atoms with Gasteiger partial charge in [0.2, 0.25) is 0 Å². The summed E-state index contributed by atoms with van der Waals surface area (Å²) in [6.45, 7) is 2.14. The van der Waals surface area contributed by atoms with Crippen LogP contribution in [0, 0.1) is 17.8 Å². The van der Waals surface area contributed by atoms with Crippen molar-refractivity contribution in [3.05, 3.63) is 54.1 Å². The molecule has 2 amide bonds. The first-order valence-corrected chi connectivity index (χ1v) is 9.68. The van der Waals surface area contributed by atoms with Gasteiger partial charge in [-0.1, -0.05) is 48.6 Å². The smallest absolute Gasteiger partial charge is 0.328 e. The Morgan fingerprint density at radius 3 is 2.54 bits per heavy atom. The number of benzene rings is 1. The fourth-order valence-electron chi connectivity index (χ4n) is 3.65. The molecule has 1 aromatic carbocycles. The molecule has 0 saturated heterocycles. The summed E-state index contributed by atoms with van der Waals surface area (Å²) in [6.07, 6.45) is 8.17. The topological polar surface area (TPSA) is 75.3 Å². The first-order chi connectivity index (χ1) is 11.5. The Hall–Kier alpha value is -2.08. The van der Waals surface area contributed by atoms with E-state index in [9.17, 15) is 13.2 Å². The highest BCUT2D eigenvalue weighted by Crippen LogP contribution is 2.42. The Kier molecular flexibility index (Phi) is 4.76. The van der Waals surface area contributed by atoms with Crippen LogP contribution in [0.25, 0.3) is 4.91 Å². The van der Waals surface area contributed by atoms with E-state index in [0.29, 0.717) is 29.9 Å². The predicted molar refractivity (Wildman–Crippen MR) is 94.4 cm³/mol. The summed E-state index contributed by atoms with van der Waals surface area (Å²) >= 11 is 0. The molecule has 2 aliphatic carbocycles. The molecular formula is C18H22N2O3S. The van der Waals surface area contributed by atoms with Crippen LogP contribution in [-0.4, -0.2) is 21.0 Å². The van der Waals surface area contributed by atoms with Gasteiger partial charge in [-0.25, -0.2) is 17.9 Å². The summed E-state index contributed by atoms with van der Waals surface area (Å²) in [4.78, 5) is 12.1. The van der Waals surface area contributed by atoms with Crippen LogP contribution in [0.4, 0.5) is 4.79 Å². The van der Waals surface area contributed by atoms with Gasteiger partial charge < -0.3 is 5.32 Å². The van der Waals surface area contributed by atoms with Gasteiger partial charge in [0.15, 0.2) is 0 Å². The number of allylic oxidation sites excluding steroid dienone is 3. The van der Waals surface area contributed by atoms with E-state index in [1.165, 1.54) is 6.08 Å². The lowest BCUT2D eigenvalue weighted by atomic mass is 9.94. The number of carbonyl (C=O) groups excluding carboxylic acids is 1. The Morgan fingerprint density at radius 1 is 1.21 bits per heavy atom. The van der Waals surface area contributed by atoms with Gasteiger partial charge in [0, 0.05) is 6.54 Å². The van der Waals surface area contributed by atoms with E-state index in [0.717, 1.165) is 12.8 Å². The highest BCUT2D eigenvalue weighted by atomic mass is 32.2. The normalized spacial score (nSPS) is 25.7. The van der Waals surface area contributed by atoms with Crippen LogP contribution >= 0.6 is 0 Å². The molecule has 3 unspecified atom stereocenters. The zero-order valence-corrected chi connectivity index (χ0v) is 14.4. The van der Waals surface area contributed by atoms with Crippen molar-refractivity contribution >= 4 is 21.0 Å². The molecular weight excluding hydrogens is 324 g/mol. The molecule has 2 bridgehead atoms. The SMILES string of the molecule is CC=C(c1ccccc1)S(=O)(=O)NC(=O)NCC1CC2C=CC1C2. The largest absolute Gasteiger partial charge is 0.337 e. The average molecular weight is 346 g/mol. The van der Waals surface area contributed by atoms with Crippen LogP contribution in [0.3, 0.4) is 0 Å². The van der Waals surface area contributed by atoms with Crippen molar-refractivity contribution in [2.24, 2.45) is 17.8 Å². The summed E-state index contributed by atoms with van der Waals surface area (Å²) in [5.41, 5.74) is 0.554. The number of amides is 2. The molecule has 6 heteroatoms. The van der Waals surface area contributed by atoms with Gasteiger partial charge in [0.05, 0.1) is 4.91 Å². The number of hydrogen-bond acceptors (Lipinski definition) is 3. The van der Waals surface area contributed by atoms with Crippen LogP contribution in [0.2, 0.25) is 0 Å². The van der Waals surface area contributed by atoms with Crippen molar-refractivity contribution < 1.29 is 13.2 Å². The van der Waals surface area contributed by atoms with Crippen LogP contribution < -0.4 is 10.0 Å². The fourth-order valence-corrected chi connectivity index (χ4v) is 4.83. The maximum atomic E-state index is 12.4. The van der Waals surface area contributed by atoms with E-state index >= 15 is 0 Å². The number of fused-ring (bicyclic) bond motifs is 2. The Balaban J connectivity index is 1.59. The molecule has 1 aromatic rings. The van der Waals surface area contributed by atoms with Gasteiger partial charge in [-0.2, -0.15) is 0 Å². The van der Waals surface area contributed by atoms with Crippen LogP contribution in [0.15, 0.2) is 48.6 Å². The zero-order valence-electron chi connectivity index (χ0n) is 13.6. The van der Waals surface area contributed by atoms with Gasteiger partial charge in [0.1, 0.15) is 0 Å². The molecule has 24 heavy (non-hydrogen) atoms. The van der Waals surface area contributed by atoms with E-state index in [2.05, 4.69) is 22.2 Å². The van der Waals surface area contributed by atoms with Crippen LogP contribution in [-0.2, 0) is 10.0 Å². The Labute approximate surface area is 142 Å². The molecule has 1 fully saturated rings. The van der Waals surface area contributed by atoms with Gasteiger partial charge in [-0.15, -0.1) is 0 Å². The number of hydrogen-bond donors (Lipinski definition) is 2. The molecule has 2 N–H and O–H groups in total. The Bertz CT molecular complexity index is 769. The minimum absolute atomic E-state index is 0.0982. The average Bonchev–Trinajstić information content (AvgIpc) is 3.16. The molecule has 128 valence electrons. The second-order valence-electron chi connectivity index (χ2n) is 6.37. The van der Waals surface area contributed by atoms with Crippen molar-refractivity contribution in [1.29, 1.82) is 0 Å². The summed E-state index contributed by atoms with van der Waals surface area (Å²) in [5.74, 6) is 1.55. The number of urea groups is 1. The minimum atomic E-state index is -3.90. The molecule has 0 spiro atoms. The molecule has 1 saturated carbocycles. The molecule has 2 aliphatic rings.